The number of nitrogens with zero attached hydrogens (tertiary/aromatic N) is 2. The van der Waals surface area contributed by atoms with Gasteiger partial charge in [-0.3, -0.25) is 4.57 Å². The van der Waals surface area contributed by atoms with Gasteiger partial charge in [0.2, 0.25) is 5.95 Å². The summed E-state index contributed by atoms with van der Waals surface area (Å²) in [5.41, 5.74) is 3.05. The summed E-state index contributed by atoms with van der Waals surface area (Å²) in [5.74, 6) is 0.765. The fourth-order valence-corrected chi connectivity index (χ4v) is 2.27. The Bertz CT molecular complexity index is 720. The molecule has 0 aliphatic carbocycles. The lowest BCUT2D eigenvalue weighted by molar-refractivity contribution is 1.05. The number of halogens is 1. The third-order valence-electron chi connectivity index (χ3n) is 3.17. The van der Waals surface area contributed by atoms with Crippen molar-refractivity contribution in [2.24, 2.45) is 0 Å². The van der Waals surface area contributed by atoms with Crippen molar-refractivity contribution in [3.8, 4) is 5.69 Å². The van der Waals surface area contributed by atoms with Crippen LogP contribution >= 0.6 is 11.6 Å². The van der Waals surface area contributed by atoms with Gasteiger partial charge < -0.3 is 5.32 Å². The van der Waals surface area contributed by atoms with Crippen LogP contribution in [-0.4, -0.2) is 9.55 Å². The van der Waals surface area contributed by atoms with E-state index in [0.717, 1.165) is 27.9 Å². The molecule has 0 unspecified atom stereocenters. The molecule has 3 aromatic rings. The quantitative estimate of drug-likeness (QED) is 0.762. The summed E-state index contributed by atoms with van der Waals surface area (Å²) in [6, 6.07) is 15.8. The fourth-order valence-electron chi connectivity index (χ4n) is 2.10. The van der Waals surface area contributed by atoms with Crippen LogP contribution < -0.4 is 5.32 Å². The summed E-state index contributed by atoms with van der Waals surface area (Å²) in [5, 5.41) is 4.06. The number of nitrogens with one attached hydrogen (secondary N) is 1. The van der Waals surface area contributed by atoms with Crippen molar-refractivity contribution in [1.82, 2.24) is 9.55 Å². The van der Waals surface area contributed by atoms with E-state index in [1.165, 1.54) is 0 Å². The van der Waals surface area contributed by atoms with Gasteiger partial charge in [0.15, 0.2) is 0 Å². The molecule has 3 nitrogen and oxygen atoms in total. The van der Waals surface area contributed by atoms with Crippen LogP contribution in [0.3, 0.4) is 0 Å². The first-order valence-electron chi connectivity index (χ1n) is 6.36. The maximum atomic E-state index is 6.19. The smallest absolute Gasteiger partial charge is 0.212 e. The Morgan fingerprint density at radius 1 is 1.05 bits per heavy atom. The molecule has 0 aliphatic heterocycles. The molecular weight excluding hydrogens is 270 g/mol. The van der Waals surface area contributed by atoms with Gasteiger partial charge in [-0.15, -0.1) is 0 Å². The van der Waals surface area contributed by atoms with Crippen molar-refractivity contribution in [1.29, 1.82) is 0 Å². The highest BCUT2D eigenvalue weighted by atomic mass is 35.5. The second kappa shape index (κ2) is 5.39. The van der Waals surface area contributed by atoms with E-state index < -0.39 is 0 Å². The van der Waals surface area contributed by atoms with Crippen LogP contribution in [-0.2, 0) is 0 Å². The molecule has 0 bridgehead atoms. The molecule has 0 aliphatic rings. The molecule has 0 radical (unpaired) electrons. The maximum absolute atomic E-state index is 6.19. The van der Waals surface area contributed by atoms with Crippen molar-refractivity contribution in [3.05, 3.63) is 71.5 Å². The Labute approximate surface area is 122 Å². The van der Waals surface area contributed by atoms with Crippen LogP contribution in [0.15, 0.2) is 60.9 Å². The standard InChI is InChI=1S/C16H14ClN3/c1-12-14(17)8-5-9-15(12)20-11-10-18-16(20)19-13-6-3-2-4-7-13/h2-11H,1H3,(H,18,19). The highest BCUT2D eigenvalue weighted by Gasteiger charge is 2.09. The number of imidazole rings is 1. The molecule has 2 aromatic carbocycles. The second-order valence-corrected chi connectivity index (χ2v) is 4.90. The molecule has 0 atom stereocenters. The lowest BCUT2D eigenvalue weighted by atomic mass is 10.2. The summed E-state index contributed by atoms with van der Waals surface area (Å²) >= 11 is 6.19. The largest absolute Gasteiger partial charge is 0.325 e. The average Bonchev–Trinajstić information content (AvgIpc) is 2.91. The first kappa shape index (κ1) is 12.8. The Morgan fingerprint density at radius 2 is 1.85 bits per heavy atom. The second-order valence-electron chi connectivity index (χ2n) is 4.50. The van der Waals surface area contributed by atoms with Gasteiger partial charge in [0, 0.05) is 23.1 Å². The summed E-state index contributed by atoms with van der Waals surface area (Å²) in [6.07, 6.45) is 3.69. The first-order chi connectivity index (χ1) is 9.75. The van der Waals surface area contributed by atoms with Gasteiger partial charge in [-0.2, -0.15) is 0 Å². The molecule has 1 aromatic heterocycles. The van der Waals surface area contributed by atoms with Crippen LogP contribution in [0, 0.1) is 6.92 Å². The Morgan fingerprint density at radius 3 is 2.65 bits per heavy atom. The van der Waals surface area contributed by atoms with Crippen molar-refractivity contribution in [2.75, 3.05) is 5.32 Å². The van der Waals surface area contributed by atoms with E-state index in [0.29, 0.717) is 0 Å². The molecular formula is C16H14ClN3. The van der Waals surface area contributed by atoms with Crippen molar-refractivity contribution in [2.45, 2.75) is 6.92 Å². The Kier molecular flexibility index (Phi) is 3.44. The summed E-state index contributed by atoms with van der Waals surface area (Å²) in [4.78, 5) is 4.37. The molecule has 0 spiro atoms. The summed E-state index contributed by atoms with van der Waals surface area (Å²) in [6.45, 7) is 2.00. The van der Waals surface area contributed by atoms with Crippen LogP contribution in [0.1, 0.15) is 5.56 Å². The zero-order valence-corrected chi connectivity index (χ0v) is 11.8. The van der Waals surface area contributed by atoms with E-state index in [-0.39, 0.29) is 0 Å². The van der Waals surface area contributed by atoms with E-state index in [4.69, 9.17) is 11.6 Å². The average molecular weight is 284 g/mol. The number of aromatic nitrogens is 2. The van der Waals surface area contributed by atoms with Gasteiger partial charge >= 0.3 is 0 Å². The van der Waals surface area contributed by atoms with Crippen LogP contribution in [0.4, 0.5) is 11.6 Å². The van der Waals surface area contributed by atoms with Crippen molar-refractivity contribution < 1.29 is 0 Å². The number of hydrogen-bond acceptors (Lipinski definition) is 2. The first-order valence-corrected chi connectivity index (χ1v) is 6.74. The highest BCUT2D eigenvalue weighted by molar-refractivity contribution is 6.31. The predicted octanol–water partition coefficient (Wildman–Crippen LogP) is 4.58. The fraction of sp³-hybridized carbons (Fsp3) is 0.0625. The van der Waals surface area contributed by atoms with Gasteiger partial charge in [0.05, 0.1) is 5.69 Å². The molecule has 100 valence electrons. The van der Waals surface area contributed by atoms with E-state index >= 15 is 0 Å². The van der Waals surface area contributed by atoms with Crippen molar-refractivity contribution in [3.63, 3.8) is 0 Å². The summed E-state index contributed by atoms with van der Waals surface area (Å²) < 4.78 is 1.99. The molecule has 4 heteroatoms. The zero-order chi connectivity index (χ0) is 13.9. The SMILES string of the molecule is Cc1c(Cl)cccc1-n1ccnc1Nc1ccccc1. The molecule has 20 heavy (non-hydrogen) atoms. The number of anilines is 2. The van der Waals surface area contributed by atoms with Gasteiger partial charge in [-0.1, -0.05) is 35.9 Å². The Balaban J connectivity index is 2.00. The van der Waals surface area contributed by atoms with Crippen LogP contribution in [0.2, 0.25) is 5.02 Å². The molecule has 0 fully saturated rings. The number of rotatable bonds is 3. The normalized spacial score (nSPS) is 10.5. The lowest BCUT2D eigenvalue weighted by Crippen LogP contribution is -2.02. The molecule has 1 N–H and O–H groups in total. The lowest BCUT2D eigenvalue weighted by Gasteiger charge is -2.12. The van der Waals surface area contributed by atoms with E-state index in [9.17, 15) is 0 Å². The topological polar surface area (TPSA) is 29.9 Å². The van der Waals surface area contributed by atoms with E-state index in [2.05, 4.69) is 10.3 Å². The van der Waals surface area contributed by atoms with Gasteiger partial charge in [-0.05, 0) is 36.8 Å². The Hall–Kier alpha value is -2.26. The zero-order valence-electron chi connectivity index (χ0n) is 11.0. The van der Waals surface area contributed by atoms with E-state index in [1.807, 2.05) is 66.2 Å². The molecule has 0 saturated carbocycles. The van der Waals surface area contributed by atoms with Crippen LogP contribution in [0.25, 0.3) is 5.69 Å². The van der Waals surface area contributed by atoms with Crippen molar-refractivity contribution >= 4 is 23.2 Å². The number of para-hydroxylation sites is 1. The van der Waals surface area contributed by atoms with Gasteiger partial charge in [-0.25, -0.2) is 4.98 Å². The minimum atomic E-state index is 0.752. The van der Waals surface area contributed by atoms with E-state index in [1.54, 1.807) is 6.20 Å². The van der Waals surface area contributed by atoms with Gasteiger partial charge in [0.25, 0.3) is 0 Å². The molecule has 0 saturated heterocycles. The molecule has 0 amide bonds. The minimum Gasteiger partial charge on any atom is -0.325 e. The predicted molar refractivity (Wildman–Crippen MR) is 83.0 cm³/mol. The number of benzene rings is 2. The monoisotopic (exact) mass is 283 g/mol. The molecule has 3 rings (SSSR count). The molecule has 1 heterocycles. The third-order valence-corrected chi connectivity index (χ3v) is 3.58. The van der Waals surface area contributed by atoms with Crippen LogP contribution in [0.5, 0.6) is 0 Å². The maximum Gasteiger partial charge on any atom is 0.212 e. The minimum absolute atomic E-state index is 0.752. The third kappa shape index (κ3) is 2.40. The number of hydrogen-bond donors (Lipinski definition) is 1. The highest BCUT2D eigenvalue weighted by Crippen LogP contribution is 2.25. The van der Waals surface area contributed by atoms with Gasteiger partial charge in [0.1, 0.15) is 0 Å². The summed E-state index contributed by atoms with van der Waals surface area (Å²) in [7, 11) is 0.